The standard InChI is InChI=1S/C18H21FO3/c1-3-18(13-20,21-2)15-9-16(19)11-17(10-15)22-12-14-7-5-4-6-8-14/h4-11,20H,3,12-13H2,1-2H3/t18-/m0/s1. The average molecular weight is 304 g/mol. The largest absolute Gasteiger partial charge is 0.489 e. The number of ether oxygens (including phenoxy) is 2. The highest BCUT2D eigenvalue weighted by Gasteiger charge is 2.30. The molecule has 22 heavy (non-hydrogen) atoms. The molecule has 0 amide bonds. The zero-order valence-corrected chi connectivity index (χ0v) is 12.9. The summed E-state index contributed by atoms with van der Waals surface area (Å²) in [6.45, 7) is 2.02. The van der Waals surface area contributed by atoms with Gasteiger partial charge in [0.25, 0.3) is 0 Å². The van der Waals surface area contributed by atoms with Gasteiger partial charge in [-0.1, -0.05) is 37.3 Å². The normalized spacial score (nSPS) is 13.6. The van der Waals surface area contributed by atoms with Crippen molar-refractivity contribution in [2.75, 3.05) is 13.7 Å². The minimum absolute atomic E-state index is 0.221. The SMILES string of the molecule is CC[C@@](CO)(OC)c1cc(F)cc(OCc2ccccc2)c1. The van der Waals surface area contributed by atoms with Crippen molar-refractivity contribution in [3.05, 3.63) is 65.5 Å². The Morgan fingerprint density at radius 1 is 1.14 bits per heavy atom. The average Bonchev–Trinajstić information content (AvgIpc) is 2.56. The number of hydrogen-bond acceptors (Lipinski definition) is 3. The van der Waals surface area contributed by atoms with Gasteiger partial charge in [0.15, 0.2) is 0 Å². The summed E-state index contributed by atoms with van der Waals surface area (Å²) in [5.41, 5.74) is 0.666. The highest BCUT2D eigenvalue weighted by atomic mass is 19.1. The van der Waals surface area contributed by atoms with Crippen LogP contribution in [-0.2, 0) is 16.9 Å². The molecule has 0 aliphatic carbocycles. The van der Waals surface area contributed by atoms with E-state index in [4.69, 9.17) is 9.47 Å². The zero-order valence-electron chi connectivity index (χ0n) is 12.9. The molecule has 0 aliphatic heterocycles. The molecule has 0 spiro atoms. The Labute approximate surface area is 130 Å². The van der Waals surface area contributed by atoms with Crippen molar-refractivity contribution in [3.63, 3.8) is 0 Å². The smallest absolute Gasteiger partial charge is 0.127 e. The molecule has 0 heterocycles. The Morgan fingerprint density at radius 3 is 2.45 bits per heavy atom. The molecule has 0 aromatic heterocycles. The van der Waals surface area contributed by atoms with E-state index in [1.807, 2.05) is 37.3 Å². The summed E-state index contributed by atoms with van der Waals surface area (Å²) in [4.78, 5) is 0. The van der Waals surface area contributed by atoms with Gasteiger partial charge in [-0.2, -0.15) is 0 Å². The number of benzene rings is 2. The first kappa shape index (κ1) is 16.5. The summed E-state index contributed by atoms with van der Waals surface area (Å²) in [5, 5.41) is 9.63. The summed E-state index contributed by atoms with van der Waals surface area (Å²) in [6.07, 6.45) is 0.529. The van der Waals surface area contributed by atoms with E-state index in [2.05, 4.69) is 0 Å². The second-order valence-electron chi connectivity index (χ2n) is 5.16. The quantitative estimate of drug-likeness (QED) is 0.848. The van der Waals surface area contributed by atoms with E-state index in [9.17, 15) is 9.50 Å². The lowest BCUT2D eigenvalue weighted by Crippen LogP contribution is -2.32. The first-order valence-corrected chi connectivity index (χ1v) is 7.27. The first-order chi connectivity index (χ1) is 10.6. The molecule has 3 nitrogen and oxygen atoms in total. The van der Waals surface area contributed by atoms with Gasteiger partial charge < -0.3 is 14.6 Å². The summed E-state index contributed by atoms with van der Waals surface area (Å²) in [7, 11) is 1.51. The van der Waals surface area contributed by atoms with Gasteiger partial charge in [0.05, 0.1) is 6.61 Å². The fraction of sp³-hybridized carbons (Fsp3) is 0.333. The third kappa shape index (κ3) is 3.64. The number of hydrogen-bond donors (Lipinski definition) is 1. The fourth-order valence-electron chi connectivity index (χ4n) is 2.38. The van der Waals surface area contributed by atoms with Crippen molar-refractivity contribution in [3.8, 4) is 5.75 Å². The van der Waals surface area contributed by atoms with Crippen LogP contribution in [0.4, 0.5) is 4.39 Å². The van der Waals surface area contributed by atoms with E-state index in [1.165, 1.54) is 19.2 Å². The number of rotatable bonds is 7. The van der Waals surface area contributed by atoms with Crippen LogP contribution in [0, 0.1) is 5.82 Å². The van der Waals surface area contributed by atoms with Gasteiger partial charge in [-0.15, -0.1) is 0 Å². The van der Waals surface area contributed by atoms with Crippen LogP contribution in [-0.4, -0.2) is 18.8 Å². The zero-order chi connectivity index (χ0) is 16.0. The molecule has 2 aromatic carbocycles. The van der Waals surface area contributed by atoms with Gasteiger partial charge in [-0.05, 0) is 29.7 Å². The summed E-state index contributed by atoms with van der Waals surface area (Å²) in [6, 6.07) is 14.1. The van der Waals surface area contributed by atoms with E-state index in [0.717, 1.165) is 5.56 Å². The molecule has 0 aliphatic rings. The Bertz CT molecular complexity index is 586. The number of aliphatic hydroxyl groups is 1. The molecule has 2 aromatic rings. The van der Waals surface area contributed by atoms with Crippen molar-refractivity contribution >= 4 is 0 Å². The third-order valence-corrected chi connectivity index (χ3v) is 3.86. The molecule has 0 bridgehead atoms. The minimum Gasteiger partial charge on any atom is -0.489 e. The van der Waals surface area contributed by atoms with Crippen LogP contribution in [0.3, 0.4) is 0 Å². The molecule has 118 valence electrons. The number of halogens is 1. The van der Waals surface area contributed by atoms with E-state index in [0.29, 0.717) is 24.3 Å². The molecule has 0 saturated heterocycles. The Morgan fingerprint density at radius 2 is 1.86 bits per heavy atom. The first-order valence-electron chi connectivity index (χ1n) is 7.27. The number of aliphatic hydroxyl groups excluding tert-OH is 1. The van der Waals surface area contributed by atoms with E-state index >= 15 is 0 Å². The topological polar surface area (TPSA) is 38.7 Å². The Kier molecular flexibility index (Phi) is 5.52. The lowest BCUT2D eigenvalue weighted by molar-refractivity contribution is -0.0601. The van der Waals surface area contributed by atoms with Crippen LogP contribution in [0.15, 0.2) is 48.5 Å². The molecule has 0 fully saturated rings. The van der Waals surface area contributed by atoms with Crippen molar-refractivity contribution < 1.29 is 19.0 Å². The predicted octanol–water partition coefficient (Wildman–Crippen LogP) is 3.65. The van der Waals surface area contributed by atoms with Crippen LogP contribution in [0.25, 0.3) is 0 Å². The summed E-state index contributed by atoms with van der Waals surface area (Å²) >= 11 is 0. The fourth-order valence-corrected chi connectivity index (χ4v) is 2.38. The monoisotopic (exact) mass is 304 g/mol. The maximum atomic E-state index is 13.9. The van der Waals surface area contributed by atoms with Gasteiger partial charge in [0.2, 0.25) is 0 Å². The molecule has 0 unspecified atom stereocenters. The van der Waals surface area contributed by atoms with Crippen LogP contribution in [0.5, 0.6) is 5.75 Å². The van der Waals surface area contributed by atoms with Crippen LogP contribution >= 0.6 is 0 Å². The second kappa shape index (κ2) is 7.38. The van der Waals surface area contributed by atoms with Crippen LogP contribution in [0.2, 0.25) is 0 Å². The molecule has 4 heteroatoms. The molecule has 1 atom stereocenters. The molecule has 0 saturated carbocycles. The lowest BCUT2D eigenvalue weighted by Gasteiger charge is -2.30. The molecule has 0 radical (unpaired) electrons. The predicted molar refractivity (Wildman–Crippen MR) is 83.2 cm³/mol. The summed E-state index contributed by atoms with van der Waals surface area (Å²) in [5.74, 6) is 0.00562. The van der Waals surface area contributed by atoms with Crippen LogP contribution in [0.1, 0.15) is 24.5 Å². The van der Waals surface area contributed by atoms with Crippen molar-refractivity contribution in [2.24, 2.45) is 0 Å². The van der Waals surface area contributed by atoms with E-state index in [-0.39, 0.29) is 6.61 Å². The van der Waals surface area contributed by atoms with Crippen molar-refractivity contribution in [1.29, 1.82) is 0 Å². The van der Waals surface area contributed by atoms with Gasteiger partial charge in [-0.25, -0.2) is 4.39 Å². The number of methoxy groups -OCH3 is 1. The van der Waals surface area contributed by atoms with Crippen LogP contribution < -0.4 is 4.74 Å². The highest BCUT2D eigenvalue weighted by Crippen LogP contribution is 2.32. The summed E-state index contributed by atoms with van der Waals surface area (Å²) < 4.78 is 25.0. The third-order valence-electron chi connectivity index (χ3n) is 3.86. The van der Waals surface area contributed by atoms with E-state index in [1.54, 1.807) is 6.07 Å². The maximum absolute atomic E-state index is 13.9. The molecular formula is C18H21FO3. The molecule has 1 N–H and O–H groups in total. The van der Waals surface area contributed by atoms with Crippen molar-refractivity contribution in [2.45, 2.75) is 25.6 Å². The lowest BCUT2D eigenvalue weighted by atomic mass is 9.91. The van der Waals surface area contributed by atoms with Crippen molar-refractivity contribution in [1.82, 2.24) is 0 Å². The Hall–Kier alpha value is -1.91. The van der Waals surface area contributed by atoms with Gasteiger partial charge in [0, 0.05) is 13.2 Å². The highest BCUT2D eigenvalue weighted by molar-refractivity contribution is 5.34. The molecular weight excluding hydrogens is 283 g/mol. The van der Waals surface area contributed by atoms with Gasteiger partial charge in [-0.3, -0.25) is 0 Å². The maximum Gasteiger partial charge on any atom is 0.127 e. The van der Waals surface area contributed by atoms with Gasteiger partial charge in [0.1, 0.15) is 23.8 Å². The Balaban J connectivity index is 2.23. The van der Waals surface area contributed by atoms with E-state index < -0.39 is 11.4 Å². The van der Waals surface area contributed by atoms with Gasteiger partial charge >= 0.3 is 0 Å². The molecule has 2 rings (SSSR count). The minimum atomic E-state index is -0.910. The second-order valence-corrected chi connectivity index (χ2v) is 5.16.